The molecule has 1 amide bonds. The highest BCUT2D eigenvalue weighted by Crippen LogP contribution is 2.40. The van der Waals surface area contributed by atoms with Crippen LogP contribution < -0.4 is 10.1 Å². The van der Waals surface area contributed by atoms with Crippen molar-refractivity contribution in [3.8, 4) is 5.75 Å². The van der Waals surface area contributed by atoms with Gasteiger partial charge in [0.2, 0.25) is 0 Å². The van der Waals surface area contributed by atoms with Crippen LogP contribution in [0.1, 0.15) is 24.4 Å². The average Bonchev–Trinajstić information content (AvgIpc) is 3.37. The van der Waals surface area contributed by atoms with Gasteiger partial charge in [-0.2, -0.15) is 0 Å². The van der Waals surface area contributed by atoms with Gasteiger partial charge in [0.15, 0.2) is 18.2 Å². The molecule has 3 rings (SSSR count). The minimum Gasteiger partial charge on any atom is -0.481 e. The van der Waals surface area contributed by atoms with Crippen molar-refractivity contribution >= 4 is 21.8 Å². The number of amides is 1. The maximum atomic E-state index is 13.7. The molecule has 0 aromatic heterocycles. The fraction of sp³-hybridized carbons (Fsp3) is 0.278. The lowest BCUT2D eigenvalue weighted by Gasteiger charge is -2.19. The van der Waals surface area contributed by atoms with Gasteiger partial charge in [0.05, 0.1) is 6.04 Å². The predicted molar refractivity (Wildman–Crippen MR) is 89.6 cm³/mol. The average molecular weight is 378 g/mol. The number of carbonyl (C=O) groups is 1. The number of rotatable bonds is 6. The molecule has 1 fully saturated rings. The van der Waals surface area contributed by atoms with Crippen LogP contribution in [0.15, 0.2) is 53.0 Å². The second kappa shape index (κ2) is 7.13. The van der Waals surface area contributed by atoms with Gasteiger partial charge in [-0.15, -0.1) is 0 Å². The summed E-state index contributed by atoms with van der Waals surface area (Å²) in [6, 6.07) is 14.4. The van der Waals surface area contributed by atoms with E-state index in [0.29, 0.717) is 10.4 Å². The Kier molecular flexibility index (Phi) is 4.96. The summed E-state index contributed by atoms with van der Waals surface area (Å²) in [5, 5.41) is 3.00. The molecular formula is C18H17BrFNO2. The highest BCUT2D eigenvalue weighted by Gasteiger charge is 2.33. The first-order chi connectivity index (χ1) is 11.1. The Labute approximate surface area is 143 Å². The van der Waals surface area contributed by atoms with Crippen molar-refractivity contribution in [3.63, 3.8) is 0 Å². The molecule has 1 atom stereocenters. The van der Waals surface area contributed by atoms with Crippen LogP contribution in [0.4, 0.5) is 4.39 Å². The molecule has 1 N–H and O–H groups in total. The van der Waals surface area contributed by atoms with E-state index in [-0.39, 0.29) is 24.3 Å². The van der Waals surface area contributed by atoms with Crippen LogP contribution in [0.5, 0.6) is 5.75 Å². The Bertz CT molecular complexity index is 689. The van der Waals surface area contributed by atoms with Crippen molar-refractivity contribution in [2.75, 3.05) is 6.61 Å². The molecule has 0 bridgehead atoms. The smallest absolute Gasteiger partial charge is 0.258 e. The molecule has 2 aromatic carbocycles. The van der Waals surface area contributed by atoms with E-state index in [0.717, 1.165) is 18.4 Å². The van der Waals surface area contributed by atoms with Crippen LogP contribution in [0.25, 0.3) is 0 Å². The van der Waals surface area contributed by atoms with Crippen LogP contribution in [0, 0.1) is 11.7 Å². The van der Waals surface area contributed by atoms with Crippen molar-refractivity contribution in [2.45, 2.75) is 18.9 Å². The van der Waals surface area contributed by atoms with Gasteiger partial charge in [-0.25, -0.2) is 4.39 Å². The SMILES string of the molecule is O=C(COc1ccc(Br)cc1F)N[C@@H](c1ccccc1)C1CC1. The molecule has 0 aliphatic heterocycles. The van der Waals surface area contributed by atoms with E-state index in [1.165, 1.54) is 12.1 Å². The Balaban J connectivity index is 1.59. The van der Waals surface area contributed by atoms with Gasteiger partial charge >= 0.3 is 0 Å². The summed E-state index contributed by atoms with van der Waals surface area (Å²) < 4.78 is 19.6. The van der Waals surface area contributed by atoms with Gasteiger partial charge < -0.3 is 10.1 Å². The monoisotopic (exact) mass is 377 g/mol. The predicted octanol–water partition coefficient (Wildman–Crippen LogP) is 4.23. The van der Waals surface area contributed by atoms with Crippen LogP contribution >= 0.6 is 15.9 Å². The third kappa shape index (κ3) is 4.32. The minimum atomic E-state index is -0.492. The molecule has 0 radical (unpaired) electrons. The first kappa shape index (κ1) is 16.0. The summed E-state index contributed by atoms with van der Waals surface area (Å²) in [7, 11) is 0. The van der Waals surface area contributed by atoms with Crippen LogP contribution in [0.3, 0.4) is 0 Å². The van der Waals surface area contributed by atoms with E-state index in [9.17, 15) is 9.18 Å². The first-order valence-electron chi connectivity index (χ1n) is 7.55. The number of hydrogen-bond acceptors (Lipinski definition) is 2. The van der Waals surface area contributed by atoms with E-state index < -0.39 is 5.82 Å². The molecule has 0 saturated heterocycles. The van der Waals surface area contributed by atoms with E-state index in [4.69, 9.17) is 4.74 Å². The van der Waals surface area contributed by atoms with Gasteiger partial charge in [-0.1, -0.05) is 46.3 Å². The second-order valence-corrected chi connectivity index (χ2v) is 6.57. The standard InChI is InChI=1S/C18H17BrFNO2/c19-14-8-9-16(15(20)10-14)23-11-17(22)21-18(13-6-7-13)12-4-2-1-3-5-12/h1-5,8-10,13,18H,6-7,11H2,(H,21,22)/t18-/m0/s1. The van der Waals surface area contributed by atoms with E-state index in [1.807, 2.05) is 30.3 Å². The first-order valence-corrected chi connectivity index (χ1v) is 8.35. The highest BCUT2D eigenvalue weighted by atomic mass is 79.9. The molecule has 2 aromatic rings. The fourth-order valence-electron chi connectivity index (χ4n) is 2.51. The molecule has 0 spiro atoms. The fourth-order valence-corrected chi connectivity index (χ4v) is 2.85. The van der Waals surface area contributed by atoms with Gasteiger partial charge in [-0.05, 0) is 42.5 Å². The minimum absolute atomic E-state index is 0.00191. The Hall–Kier alpha value is -1.88. The summed E-state index contributed by atoms with van der Waals surface area (Å²) in [5.41, 5.74) is 1.10. The molecule has 23 heavy (non-hydrogen) atoms. The van der Waals surface area contributed by atoms with E-state index in [2.05, 4.69) is 21.2 Å². The lowest BCUT2D eigenvalue weighted by Crippen LogP contribution is -2.33. The summed E-state index contributed by atoms with van der Waals surface area (Å²) in [6.07, 6.45) is 2.23. The quantitative estimate of drug-likeness (QED) is 0.817. The summed E-state index contributed by atoms with van der Waals surface area (Å²) in [4.78, 5) is 12.1. The van der Waals surface area contributed by atoms with Crippen LogP contribution in [0.2, 0.25) is 0 Å². The topological polar surface area (TPSA) is 38.3 Å². The van der Waals surface area contributed by atoms with E-state index in [1.54, 1.807) is 6.07 Å². The zero-order valence-electron chi connectivity index (χ0n) is 12.5. The number of halogens is 2. The van der Waals surface area contributed by atoms with Gasteiger partial charge in [0, 0.05) is 4.47 Å². The second-order valence-electron chi connectivity index (χ2n) is 5.66. The number of ether oxygens (including phenoxy) is 1. The molecule has 1 aliphatic carbocycles. The molecule has 5 heteroatoms. The van der Waals surface area contributed by atoms with Gasteiger partial charge in [0.25, 0.3) is 5.91 Å². The Morgan fingerprint density at radius 1 is 1.26 bits per heavy atom. The zero-order chi connectivity index (χ0) is 16.2. The summed E-state index contributed by atoms with van der Waals surface area (Å²) >= 11 is 3.18. The maximum absolute atomic E-state index is 13.7. The number of hydrogen-bond donors (Lipinski definition) is 1. The van der Waals surface area contributed by atoms with Gasteiger partial charge in [0.1, 0.15) is 0 Å². The molecule has 120 valence electrons. The Morgan fingerprint density at radius 2 is 2.00 bits per heavy atom. The maximum Gasteiger partial charge on any atom is 0.258 e. The van der Waals surface area contributed by atoms with E-state index >= 15 is 0 Å². The molecule has 1 aliphatic rings. The third-order valence-corrected chi connectivity index (χ3v) is 4.31. The van der Waals surface area contributed by atoms with Crippen LogP contribution in [-0.2, 0) is 4.79 Å². The van der Waals surface area contributed by atoms with Crippen molar-refractivity contribution in [3.05, 3.63) is 64.4 Å². The molecule has 0 unspecified atom stereocenters. The van der Waals surface area contributed by atoms with Crippen molar-refractivity contribution in [1.29, 1.82) is 0 Å². The molecular weight excluding hydrogens is 361 g/mol. The number of benzene rings is 2. The largest absolute Gasteiger partial charge is 0.481 e. The third-order valence-electron chi connectivity index (χ3n) is 3.82. The molecule has 1 saturated carbocycles. The number of carbonyl (C=O) groups excluding carboxylic acids is 1. The van der Waals surface area contributed by atoms with Crippen molar-refractivity contribution in [2.24, 2.45) is 5.92 Å². The van der Waals surface area contributed by atoms with Crippen molar-refractivity contribution < 1.29 is 13.9 Å². The zero-order valence-corrected chi connectivity index (χ0v) is 14.1. The highest BCUT2D eigenvalue weighted by molar-refractivity contribution is 9.10. The summed E-state index contributed by atoms with van der Waals surface area (Å²) in [5.74, 6) is -0.182. The normalized spacial score (nSPS) is 15.0. The van der Waals surface area contributed by atoms with Crippen molar-refractivity contribution in [1.82, 2.24) is 5.32 Å². The lowest BCUT2D eigenvalue weighted by molar-refractivity contribution is -0.124. The number of nitrogens with one attached hydrogen (secondary N) is 1. The summed E-state index contributed by atoms with van der Waals surface area (Å²) in [6.45, 7) is -0.200. The Morgan fingerprint density at radius 3 is 2.65 bits per heavy atom. The molecule has 3 nitrogen and oxygen atoms in total. The lowest BCUT2D eigenvalue weighted by atomic mass is 10.0. The van der Waals surface area contributed by atoms with Crippen LogP contribution in [-0.4, -0.2) is 12.5 Å². The molecule has 0 heterocycles. The van der Waals surface area contributed by atoms with Gasteiger partial charge in [-0.3, -0.25) is 4.79 Å².